The number of ether oxygens (including phenoxy) is 2. The number of rotatable bonds is 6. The van der Waals surface area contributed by atoms with Crippen molar-refractivity contribution < 1.29 is 34.4 Å². The summed E-state index contributed by atoms with van der Waals surface area (Å²) in [6, 6.07) is 10.6. The number of benzene rings is 2. The van der Waals surface area contributed by atoms with Gasteiger partial charge in [0.05, 0.1) is 5.57 Å². The van der Waals surface area contributed by atoms with Gasteiger partial charge in [0.15, 0.2) is 0 Å². The van der Waals surface area contributed by atoms with E-state index in [4.69, 9.17) is 9.47 Å². The van der Waals surface area contributed by atoms with Gasteiger partial charge >= 0.3 is 11.9 Å². The second-order valence-corrected chi connectivity index (χ2v) is 7.72. The molecule has 162 valence electrons. The van der Waals surface area contributed by atoms with Crippen LogP contribution >= 0.6 is 0 Å². The van der Waals surface area contributed by atoms with E-state index >= 15 is 0 Å². The molecule has 3 N–H and O–H groups in total. The number of hydrogen-bond donors (Lipinski definition) is 3. The number of aliphatic hydroxyl groups is 1. The van der Waals surface area contributed by atoms with Crippen molar-refractivity contribution in [3.05, 3.63) is 76.6 Å². The van der Waals surface area contributed by atoms with Gasteiger partial charge in [-0.2, -0.15) is 0 Å². The van der Waals surface area contributed by atoms with Crippen LogP contribution in [0.25, 0.3) is 5.57 Å². The number of aliphatic hydroxyl groups excluding tert-OH is 1. The van der Waals surface area contributed by atoms with E-state index in [1.807, 2.05) is 19.9 Å². The minimum Gasteiger partial charge on any atom is -0.508 e. The van der Waals surface area contributed by atoms with Crippen LogP contribution in [0.5, 0.6) is 11.5 Å². The summed E-state index contributed by atoms with van der Waals surface area (Å²) in [7, 11) is 0. The van der Waals surface area contributed by atoms with Gasteiger partial charge in [0, 0.05) is 0 Å². The number of allylic oxidation sites excluding steroid dienone is 2. The number of cyclic esters (lactones) is 1. The SMILES string of the molecule is CC(C)=CCc1cc(COC(=O)C2(C)OC(=O)C(O)=C2c2ccc(O)cc2)ccc1O. The topological polar surface area (TPSA) is 113 Å². The fraction of sp³-hybridized carbons (Fsp3) is 0.250. The van der Waals surface area contributed by atoms with E-state index in [1.54, 1.807) is 12.1 Å². The van der Waals surface area contributed by atoms with Gasteiger partial charge in [-0.15, -0.1) is 0 Å². The Morgan fingerprint density at radius 1 is 1.10 bits per heavy atom. The van der Waals surface area contributed by atoms with Crippen LogP contribution in [0.15, 0.2) is 59.9 Å². The average molecular weight is 424 g/mol. The van der Waals surface area contributed by atoms with Gasteiger partial charge in [-0.05, 0) is 68.1 Å². The number of carbonyl (C=O) groups is 2. The smallest absolute Gasteiger partial charge is 0.375 e. The molecule has 7 heteroatoms. The van der Waals surface area contributed by atoms with Crippen molar-refractivity contribution >= 4 is 17.5 Å². The number of phenolic OH excluding ortho intramolecular Hbond substituents is 2. The highest BCUT2D eigenvalue weighted by Gasteiger charge is 2.52. The molecule has 1 heterocycles. The van der Waals surface area contributed by atoms with Crippen molar-refractivity contribution in [2.75, 3.05) is 0 Å². The van der Waals surface area contributed by atoms with E-state index in [1.165, 1.54) is 37.3 Å². The molecule has 0 radical (unpaired) electrons. The summed E-state index contributed by atoms with van der Waals surface area (Å²) in [5.41, 5.74) is 0.915. The first-order valence-corrected chi connectivity index (χ1v) is 9.69. The highest BCUT2D eigenvalue weighted by molar-refractivity contribution is 6.10. The third kappa shape index (κ3) is 4.55. The molecule has 3 rings (SSSR count). The Bertz CT molecular complexity index is 1080. The first kappa shape index (κ1) is 22.0. The highest BCUT2D eigenvalue weighted by atomic mass is 16.6. The van der Waals surface area contributed by atoms with E-state index in [2.05, 4.69) is 0 Å². The predicted octanol–water partition coefficient (Wildman–Crippen LogP) is 3.93. The van der Waals surface area contributed by atoms with E-state index in [0.29, 0.717) is 23.1 Å². The molecule has 1 aliphatic rings. The molecule has 1 atom stereocenters. The number of phenols is 2. The molecule has 2 aromatic carbocycles. The molecule has 0 aromatic heterocycles. The molecule has 0 amide bonds. The number of carbonyl (C=O) groups excluding carboxylic acids is 2. The van der Waals surface area contributed by atoms with E-state index in [9.17, 15) is 24.9 Å². The van der Waals surface area contributed by atoms with Crippen LogP contribution in [-0.2, 0) is 32.1 Å². The minimum absolute atomic E-state index is 0.00499. The van der Waals surface area contributed by atoms with Crippen LogP contribution < -0.4 is 0 Å². The van der Waals surface area contributed by atoms with E-state index in [-0.39, 0.29) is 23.7 Å². The third-order valence-corrected chi connectivity index (χ3v) is 4.99. The van der Waals surface area contributed by atoms with Crippen molar-refractivity contribution in [1.82, 2.24) is 0 Å². The van der Waals surface area contributed by atoms with Crippen molar-refractivity contribution in [3.63, 3.8) is 0 Å². The average Bonchev–Trinajstić information content (AvgIpc) is 2.96. The lowest BCUT2D eigenvalue weighted by molar-refractivity contribution is -0.170. The Balaban J connectivity index is 1.81. The predicted molar refractivity (Wildman–Crippen MR) is 113 cm³/mol. The van der Waals surface area contributed by atoms with Gasteiger partial charge in [-0.25, -0.2) is 9.59 Å². The Morgan fingerprint density at radius 3 is 2.42 bits per heavy atom. The fourth-order valence-electron chi connectivity index (χ4n) is 3.29. The quantitative estimate of drug-likeness (QED) is 0.475. The monoisotopic (exact) mass is 424 g/mol. The summed E-state index contributed by atoms with van der Waals surface area (Å²) < 4.78 is 10.6. The molecule has 0 saturated heterocycles. The molecular weight excluding hydrogens is 400 g/mol. The largest absolute Gasteiger partial charge is 0.508 e. The minimum atomic E-state index is -1.85. The standard InChI is InChI=1S/C24H24O7/c1-14(2)4-6-17-12-15(5-11-19(17)26)13-30-23(29)24(3)20(21(27)22(28)31-24)16-7-9-18(25)10-8-16/h4-5,7-12,25-27H,6,13H2,1-3H3. The number of esters is 2. The second-order valence-electron chi connectivity index (χ2n) is 7.72. The molecular formula is C24H24O7. The maximum absolute atomic E-state index is 12.9. The molecule has 2 aromatic rings. The van der Waals surface area contributed by atoms with Gasteiger partial charge in [-0.1, -0.05) is 29.8 Å². The summed E-state index contributed by atoms with van der Waals surface area (Å²) in [6.07, 6.45) is 2.51. The summed E-state index contributed by atoms with van der Waals surface area (Å²) in [6.45, 7) is 5.15. The molecule has 7 nitrogen and oxygen atoms in total. The number of hydrogen-bond acceptors (Lipinski definition) is 7. The summed E-state index contributed by atoms with van der Waals surface area (Å²) in [5.74, 6) is -2.43. The lowest BCUT2D eigenvalue weighted by atomic mass is 9.90. The zero-order chi connectivity index (χ0) is 22.8. The summed E-state index contributed by atoms with van der Waals surface area (Å²) >= 11 is 0. The first-order valence-electron chi connectivity index (χ1n) is 9.69. The molecule has 0 bridgehead atoms. The van der Waals surface area contributed by atoms with Gasteiger partial charge < -0.3 is 24.8 Å². The van der Waals surface area contributed by atoms with Crippen LogP contribution in [0.4, 0.5) is 0 Å². The van der Waals surface area contributed by atoms with Gasteiger partial charge in [0.1, 0.15) is 18.1 Å². The lowest BCUT2D eigenvalue weighted by Gasteiger charge is -2.24. The summed E-state index contributed by atoms with van der Waals surface area (Å²) in [4.78, 5) is 24.9. The maximum atomic E-state index is 12.9. The molecule has 0 saturated carbocycles. The van der Waals surface area contributed by atoms with E-state index in [0.717, 1.165) is 5.57 Å². The fourth-order valence-corrected chi connectivity index (χ4v) is 3.29. The van der Waals surface area contributed by atoms with Crippen molar-refractivity contribution in [1.29, 1.82) is 0 Å². The van der Waals surface area contributed by atoms with Crippen molar-refractivity contribution in [3.8, 4) is 11.5 Å². The Labute approximate surface area is 179 Å². The first-order chi connectivity index (χ1) is 14.6. The maximum Gasteiger partial charge on any atom is 0.375 e. The van der Waals surface area contributed by atoms with Gasteiger partial charge in [-0.3, -0.25) is 0 Å². The zero-order valence-electron chi connectivity index (χ0n) is 17.5. The van der Waals surface area contributed by atoms with Gasteiger partial charge in [0.25, 0.3) is 0 Å². The van der Waals surface area contributed by atoms with Gasteiger partial charge in [0.2, 0.25) is 11.4 Å². The third-order valence-electron chi connectivity index (χ3n) is 4.99. The van der Waals surface area contributed by atoms with Crippen LogP contribution in [0.2, 0.25) is 0 Å². The zero-order valence-corrected chi connectivity index (χ0v) is 17.5. The highest BCUT2D eigenvalue weighted by Crippen LogP contribution is 2.40. The lowest BCUT2D eigenvalue weighted by Crippen LogP contribution is -2.39. The van der Waals surface area contributed by atoms with Crippen LogP contribution in [0, 0.1) is 0 Å². The normalized spacial score (nSPS) is 18.0. The Kier molecular flexibility index (Phi) is 6.06. The molecule has 31 heavy (non-hydrogen) atoms. The number of aromatic hydroxyl groups is 2. The molecule has 1 aliphatic heterocycles. The van der Waals surface area contributed by atoms with Crippen LogP contribution in [-0.4, -0.2) is 32.9 Å². The molecule has 0 spiro atoms. The van der Waals surface area contributed by atoms with Crippen molar-refractivity contribution in [2.45, 2.75) is 39.4 Å². The Hall–Kier alpha value is -3.74. The van der Waals surface area contributed by atoms with Crippen LogP contribution in [0.3, 0.4) is 0 Å². The molecule has 1 unspecified atom stereocenters. The summed E-state index contributed by atoms with van der Waals surface area (Å²) in [5, 5.41) is 29.7. The molecule has 0 aliphatic carbocycles. The van der Waals surface area contributed by atoms with Crippen LogP contribution in [0.1, 0.15) is 37.5 Å². The van der Waals surface area contributed by atoms with Crippen molar-refractivity contribution in [2.24, 2.45) is 0 Å². The molecule has 0 fully saturated rings. The van der Waals surface area contributed by atoms with E-state index < -0.39 is 23.3 Å². The Morgan fingerprint density at radius 2 is 1.77 bits per heavy atom. The second kappa shape index (κ2) is 8.55.